The second-order valence-electron chi connectivity index (χ2n) is 3.50. The summed E-state index contributed by atoms with van der Waals surface area (Å²) in [5.41, 5.74) is 0.718. The summed E-state index contributed by atoms with van der Waals surface area (Å²) in [5, 5.41) is 3.33. The lowest BCUT2D eigenvalue weighted by atomic mass is 10.1. The Kier molecular flexibility index (Phi) is 2.70. The summed E-state index contributed by atoms with van der Waals surface area (Å²) in [5.74, 6) is -0.378. The van der Waals surface area contributed by atoms with Crippen LogP contribution < -0.4 is 5.32 Å². The van der Waals surface area contributed by atoms with E-state index in [2.05, 4.69) is 5.32 Å². The highest BCUT2D eigenvalue weighted by Gasteiger charge is 2.25. The lowest BCUT2D eigenvalue weighted by molar-refractivity contribution is 0.356. The van der Waals surface area contributed by atoms with E-state index < -0.39 is 6.17 Å². The van der Waals surface area contributed by atoms with E-state index in [1.807, 2.05) is 0 Å². The van der Waals surface area contributed by atoms with Crippen LogP contribution in [-0.4, -0.2) is 12.7 Å². The summed E-state index contributed by atoms with van der Waals surface area (Å²) in [6, 6.07) is 4.19. The van der Waals surface area contributed by atoms with Crippen molar-refractivity contribution < 1.29 is 8.78 Å². The molecule has 0 aromatic heterocycles. The van der Waals surface area contributed by atoms with E-state index in [1.165, 1.54) is 12.1 Å². The summed E-state index contributed by atoms with van der Waals surface area (Å²) in [6.45, 7) is 0.332. The fourth-order valence-corrected chi connectivity index (χ4v) is 1.95. The van der Waals surface area contributed by atoms with Crippen LogP contribution in [0.4, 0.5) is 8.78 Å². The van der Waals surface area contributed by atoms with Crippen molar-refractivity contribution in [3.05, 3.63) is 34.6 Å². The molecule has 0 bridgehead atoms. The monoisotopic (exact) mass is 217 g/mol. The first kappa shape index (κ1) is 9.87. The Morgan fingerprint density at radius 2 is 2.14 bits per heavy atom. The minimum atomic E-state index is -0.845. The zero-order valence-electron chi connectivity index (χ0n) is 7.43. The fourth-order valence-electron chi connectivity index (χ4n) is 1.72. The molecule has 1 aliphatic heterocycles. The Morgan fingerprint density at radius 1 is 1.36 bits per heavy atom. The van der Waals surface area contributed by atoms with Crippen molar-refractivity contribution >= 4 is 11.6 Å². The van der Waals surface area contributed by atoms with Crippen LogP contribution in [0.25, 0.3) is 0 Å². The van der Waals surface area contributed by atoms with E-state index in [9.17, 15) is 8.78 Å². The highest BCUT2D eigenvalue weighted by molar-refractivity contribution is 6.30. The van der Waals surface area contributed by atoms with Crippen LogP contribution in [0.3, 0.4) is 0 Å². The van der Waals surface area contributed by atoms with Crippen molar-refractivity contribution in [3.63, 3.8) is 0 Å². The zero-order chi connectivity index (χ0) is 10.1. The van der Waals surface area contributed by atoms with Gasteiger partial charge in [-0.15, -0.1) is 0 Å². The first-order chi connectivity index (χ1) is 6.65. The van der Waals surface area contributed by atoms with Crippen LogP contribution >= 0.6 is 11.6 Å². The SMILES string of the molecule is Fc1cc(Cl)cc([C@H]2C[C@H](F)CN2)c1. The molecule has 2 atom stereocenters. The molecule has 1 saturated heterocycles. The predicted octanol–water partition coefficient (Wildman–Crippen LogP) is 2.85. The number of alkyl halides is 1. The van der Waals surface area contributed by atoms with Gasteiger partial charge in [-0.05, 0) is 30.2 Å². The standard InChI is InChI=1S/C10H10ClF2N/c11-7-1-6(2-8(12)3-7)10-4-9(13)5-14-10/h1-3,9-10,14H,4-5H2/t9-,10+/m0/s1. The van der Waals surface area contributed by atoms with Crippen LogP contribution in [0.5, 0.6) is 0 Å². The molecule has 0 aliphatic carbocycles. The van der Waals surface area contributed by atoms with Crippen LogP contribution in [0.15, 0.2) is 18.2 Å². The Bertz CT molecular complexity index is 323. The van der Waals surface area contributed by atoms with Gasteiger partial charge in [0.2, 0.25) is 0 Å². The van der Waals surface area contributed by atoms with Gasteiger partial charge in [-0.25, -0.2) is 8.78 Å². The Hall–Kier alpha value is -0.670. The van der Waals surface area contributed by atoms with Crippen LogP contribution in [0, 0.1) is 5.82 Å². The van der Waals surface area contributed by atoms with E-state index >= 15 is 0 Å². The minimum absolute atomic E-state index is 0.113. The number of rotatable bonds is 1. The summed E-state index contributed by atoms with van der Waals surface area (Å²) in [6.07, 6.45) is -0.457. The third kappa shape index (κ3) is 2.04. The number of halogens is 3. The van der Waals surface area contributed by atoms with E-state index in [0.29, 0.717) is 18.0 Å². The van der Waals surface area contributed by atoms with Crippen molar-refractivity contribution in [1.29, 1.82) is 0 Å². The molecule has 2 rings (SSSR count). The maximum Gasteiger partial charge on any atom is 0.125 e. The summed E-state index contributed by atoms with van der Waals surface area (Å²) >= 11 is 5.70. The predicted molar refractivity (Wildman–Crippen MR) is 51.7 cm³/mol. The number of benzene rings is 1. The quantitative estimate of drug-likeness (QED) is 0.763. The molecule has 14 heavy (non-hydrogen) atoms. The first-order valence-electron chi connectivity index (χ1n) is 4.48. The van der Waals surface area contributed by atoms with Crippen LogP contribution in [0.2, 0.25) is 5.02 Å². The molecule has 0 amide bonds. The second kappa shape index (κ2) is 3.83. The van der Waals surface area contributed by atoms with Gasteiger partial charge in [-0.3, -0.25) is 0 Å². The number of hydrogen-bond acceptors (Lipinski definition) is 1. The molecule has 1 aromatic carbocycles. The highest BCUT2D eigenvalue weighted by Crippen LogP contribution is 2.27. The molecule has 1 nitrogen and oxygen atoms in total. The van der Waals surface area contributed by atoms with E-state index in [1.54, 1.807) is 6.07 Å². The van der Waals surface area contributed by atoms with Gasteiger partial charge >= 0.3 is 0 Å². The Balaban J connectivity index is 2.23. The summed E-state index contributed by atoms with van der Waals surface area (Å²) in [4.78, 5) is 0. The molecule has 1 heterocycles. The molecule has 4 heteroatoms. The van der Waals surface area contributed by atoms with E-state index in [-0.39, 0.29) is 11.9 Å². The molecule has 0 radical (unpaired) electrons. The summed E-state index contributed by atoms with van der Waals surface area (Å²) < 4.78 is 25.8. The van der Waals surface area contributed by atoms with Gasteiger partial charge in [0.1, 0.15) is 12.0 Å². The van der Waals surface area contributed by atoms with Crippen molar-refractivity contribution in [3.8, 4) is 0 Å². The second-order valence-corrected chi connectivity index (χ2v) is 3.93. The number of hydrogen-bond donors (Lipinski definition) is 1. The van der Waals surface area contributed by atoms with Gasteiger partial charge in [0, 0.05) is 17.6 Å². The third-order valence-electron chi connectivity index (χ3n) is 2.36. The van der Waals surface area contributed by atoms with Crippen LogP contribution in [-0.2, 0) is 0 Å². The smallest absolute Gasteiger partial charge is 0.125 e. The average molecular weight is 218 g/mol. The highest BCUT2D eigenvalue weighted by atomic mass is 35.5. The number of nitrogens with one attached hydrogen (secondary N) is 1. The molecule has 76 valence electrons. The molecule has 1 fully saturated rings. The topological polar surface area (TPSA) is 12.0 Å². The largest absolute Gasteiger partial charge is 0.307 e. The van der Waals surface area contributed by atoms with E-state index in [4.69, 9.17) is 11.6 Å². The van der Waals surface area contributed by atoms with Gasteiger partial charge in [0.15, 0.2) is 0 Å². The maximum atomic E-state index is 13.0. The van der Waals surface area contributed by atoms with Gasteiger partial charge in [0.05, 0.1) is 0 Å². The molecule has 1 N–H and O–H groups in total. The van der Waals surface area contributed by atoms with Crippen LogP contribution in [0.1, 0.15) is 18.0 Å². The lowest BCUT2D eigenvalue weighted by Gasteiger charge is -2.10. The first-order valence-corrected chi connectivity index (χ1v) is 4.86. The van der Waals surface area contributed by atoms with Crippen molar-refractivity contribution in [1.82, 2.24) is 5.32 Å². The molecule has 0 saturated carbocycles. The van der Waals surface area contributed by atoms with Crippen molar-refractivity contribution in [2.45, 2.75) is 18.6 Å². The van der Waals surface area contributed by atoms with Gasteiger partial charge in [0.25, 0.3) is 0 Å². The third-order valence-corrected chi connectivity index (χ3v) is 2.58. The van der Waals surface area contributed by atoms with Crippen molar-refractivity contribution in [2.24, 2.45) is 0 Å². The summed E-state index contributed by atoms with van der Waals surface area (Å²) in [7, 11) is 0. The van der Waals surface area contributed by atoms with E-state index in [0.717, 1.165) is 5.56 Å². The molecule has 0 spiro atoms. The molecule has 1 aliphatic rings. The molecular formula is C10H10ClF2N. The molecule has 0 unspecified atom stereocenters. The average Bonchev–Trinajstić information content (AvgIpc) is 2.50. The minimum Gasteiger partial charge on any atom is -0.307 e. The van der Waals surface area contributed by atoms with Crippen molar-refractivity contribution in [2.75, 3.05) is 6.54 Å². The zero-order valence-corrected chi connectivity index (χ0v) is 8.19. The molecule has 1 aromatic rings. The lowest BCUT2D eigenvalue weighted by Crippen LogP contribution is -2.13. The Labute approximate surface area is 86.1 Å². The maximum absolute atomic E-state index is 13.0. The Morgan fingerprint density at radius 3 is 2.71 bits per heavy atom. The van der Waals surface area contributed by atoms with Gasteiger partial charge < -0.3 is 5.32 Å². The molecular weight excluding hydrogens is 208 g/mol. The fraction of sp³-hybridized carbons (Fsp3) is 0.400. The normalized spacial score (nSPS) is 26.8. The van der Waals surface area contributed by atoms with Gasteiger partial charge in [-0.2, -0.15) is 0 Å². The van der Waals surface area contributed by atoms with Gasteiger partial charge in [-0.1, -0.05) is 11.6 Å².